The standard InChI is InChI=1S/C14H20N2O3S2/c1-8-5-12(20-11(8)4)7-16-21(17,18)14-10(3)19-9(2)13(14)6-15/h5,16H,6-7,15H2,1-4H3. The van der Waals surface area contributed by atoms with Gasteiger partial charge in [-0.1, -0.05) is 0 Å². The van der Waals surface area contributed by atoms with Gasteiger partial charge in [0.15, 0.2) is 0 Å². The Hall–Kier alpha value is -1.15. The molecule has 0 saturated heterocycles. The third-order valence-electron chi connectivity index (χ3n) is 3.45. The first kappa shape index (κ1) is 16.2. The maximum absolute atomic E-state index is 12.5. The van der Waals surface area contributed by atoms with Crippen LogP contribution >= 0.6 is 11.3 Å². The average Bonchev–Trinajstić information content (AvgIpc) is 2.87. The van der Waals surface area contributed by atoms with Crippen LogP contribution in [0.25, 0.3) is 0 Å². The Labute approximate surface area is 129 Å². The van der Waals surface area contributed by atoms with E-state index in [1.165, 1.54) is 10.4 Å². The summed E-state index contributed by atoms with van der Waals surface area (Å²) >= 11 is 1.59. The Bertz CT molecular complexity index is 738. The number of hydrogen-bond acceptors (Lipinski definition) is 5. The van der Waals surface area contributed by atoms with E-state index in [0.717, 1.165) is 4.88 Å². The lowest BCUT2D eigenvalue weighted by atomic mass is 10.2. The first-order valence-corrected chi connectivity index (χ1v) is 8.90. The minimum atomic E-state index is -3.63. The van der Waals surface area contributed by atoms with E-state index in [9.17, 15) is 8.42 Å². The lowest BCUT2D eigenvalue weighted by Crippen LogP contribution is -2.24. The summed E-state index contributed by atoms with van der Waals surface area (Å²) < 4.78 is 33.0. The molecule has 2 rings (SSSR count). The van der Waals surface area contributed by atoms with Crippen molar-refractivity contribution in [3.05, 3.63) is 38.5 Å². The largest absolute Gasteiger partial charge is 0.465 e. The molecule has 116 valence electrons. The van der Waals surface area contributed by atoms with E-state index in [-0.39, 0.29) is 18.0 Å². The molecule has 0 saturated carbocycles. The molecule has 2 heterocycles. The van der Waals surface area contributed by atoms with Gasteiger partial charge in [-0.15, -0.1) is 11.3 Å². The molecule has 0 atom stereocenters. The average molecular weight is 328 g/mol. The molecule has 7 heteroatoms. The van der Waals surface area contributed by atoms with Crippen molar-refractivity contribution in [1.82, 2.24) is 4.72 Å². The van der Waals surface area contributed by atoms with Crippen LogP contribution in [-0.2, 0) is 23.1 Å². The van der Waals surface area contributed by atoms with Gasteiger partial charge in [0.05, 0.1) is 0 Å². The Morgan fingerprint density at radius 3 is 2.43 bits per heavy atom. The van der Waals surface area contributed by atoms with Gasteiger partial charge >= 0.3 is 0 Å². The highest BCUT2D eigenvalue weighted by Crippen LogP contribution is 2.27. The highest BCUT2D eigenvalue weighted by molar-refractivity contribution is 7.89. The normalized spacial score (nSPS) is 12.0. The molecular weight excluding hydrogens is 308 g/mol. The molecule has 0 aliphatic rings. The van der Waals surface area contributed by atoms with E-state index in [0.29, 0.717) is 17.1 Å². The Kier molecular flexibility index (Phi) is 4.57. The first-order chi connectivity index (χ1) is 9.76. The SMILES string of the molecule is Cc1cc(CNS(=O)(=O)c2c(C)oc(C)c2CN)sc1C. The van der Waals surface area contributed by atoms with Crippen molar-refractivity contribution in [2.75, 3.05) is 0 Å². The second-order valence-corrected chi connectivity index (χ2v) is 8.05. The lowest BCUT2D eigenvalue weighted by Gasteiger charge is -2.06. The van der Waals surface area contributed by atoms with Crippen molar-refractivity contribution >= 4 is 21.4 Å². The maximum atomic E-state index is 12.5. The van der Waals surface area contributed by atoms with Crippen LogP contribution in [0.15, 0.2) is 15.4 Å². The molecule has 0 aliphatic carbocycles. The molecule has 2 aromatic heterocycles. The molecule has 21 heavy (non-hydrogen) atoms. The summed E-state index contributed by atoms with van der Waals surface area (Å²) in [5.74, 6) is 0.928. The molecule has 0 fully saturated rings. The van der Waals surface area contributed by atoms with Crippen LogP contribution < -0.4 is 10.5 Å². The predicted molar refractivity (Wildman–Crippen MR) is 83.9 cm³/mol. The van der Waals surface area contributed by atoms with E-state index < -0.39 is 10.0 Å². The van der Waals surface area contributed by atoms with Gasteiger partial charge in [0.1, 0.15) is 16.4 Å². The fourth-order valence-electron chi connectivity index (χ4n) is 2.27. The number of sulfonamides is 1. The molecule has 0 bridgehead atoms. The number of hydrogen-bond donors (Lipinski definition) is 2. The summed E-state index contributed by atoms with van der Waals surface area (Å²) in [7, 11) is -3.63. The quantitative estimate of drug-likeness (QED) is 0.883. The van der Waals surface area contributed by atoms with Gasteiger partial charge in [0.25, 0.3) is 0 Å². The molecule has 0 unspecified atom stereocenters. The van der Waals surface area contributed by atoms with Crippen LogP contribution in [0.2, 0.25) is 0 Å². The minimum Gasteiger partial charge on any atom is -0.465 e. The Balaban J connectivity index is 2.27. The molecule has 0 radical (unpaired) electrons. The molecule has 3 N–H and O–H groups in total. The smallest absolute Gasteiger partial charge is 0.244 e. The van der Waals surface area contributed by atoms with Crippen molar-refractivity contribution < 1.29 is 12.8 Å². The summed E-state index contributed by atoms with van der Waals surface area (Å²) in [5, 5.41) is 0. The van der Waals surface area contributed by atoms with Crippen molar-refractivity contribution in [3.8, 4) is 0 Å². The fraction of sp³-hybridized carbons (Fsp3) is 0.429. The number of thiophene rings is 1. The topological polar surface area (TPSA) is 85.3 Å². The molecule has 0 aliphatic heterocycles. The van der Waals surface area contributed by atoms with Crippen LogP contribution in [0.3, 0.4) is 0 Å². The molecule has 5 nitrogen and oxygen atoms in total. The molecule has 0 amide bonds. The van der Waals surface area contributed by atoms with Crippen LogP contribution in [0.5, 0.6) is 0 Å². The summed E-state index contributed by atoms with van der Waals surface area (Å²) in [5.41, 5.74) is 7.36. The zero-order valence-corrected chi connectivity index (χ0v) is 14.2. The zero-order chi connectivity index (χ0) is 15.8. The van der Waals surface area contributed by atoms with E-state index >= 15 is 0 Å². The Morgan fingerprint density at radius 2 is 1.90 bits per heavy atom. The van der Waals surface area contributed by atoms with Gasteiger partial charge < -0.3 is 10.2 Å². The zero-order valence-electron chi connectivity index (χ0n) is 12.6. The second kappa shape index (κ2) is 5.92. The summed E-state index contributed by atoms with van der Waals surface area (Å²) in [6.07, 6.45) is 0. The van der Waals surface area contributed by atoms with Crippen molar-refractivity contribution in [2.45, 2.75) is 45.7 Å². The first-order valence-electron chi connectivity index (χ1n) is 6.60. The number of nitrogens with two attached hydrogens (primary N) is 1. The van der Waals surface area contributed by atoms with Crippen LogP contribution in [-0.4, -0.2) is 8.42 Å². The third-order valence-corrected chi connectivity index (χ3v) is 6.20. The van der Waals surface area contributed by atoms with E-state index in [2.05, 4.69) is 4.72 Å². The van der Waals surface area contributed by atoms with Gasteiger partial charge in [-0.25, -0.2) is 13.1 Å². The highest BCUT2D eigenvalue weighted by Gasteiger charge is 2.26. The lowest BCUT2D eigenvalue weighted by molar-refractivity contribution is 0.494. The van der Waals surface area contributed by atoms with Crippen LogP contribution in [0, 0.1) is 27.7 Å². The molecule has 2 aromatic rings. The van der Waals surface area contributed by atoms with Crippen LogP contribution in [0.1, 0.15) is 32.4 Å². The fourth-order valence-corrected chi connectivity index (χ4v) is 4.82. The maximum Gasteiger partial charge on any atom is 0.244 e. The van der Waals surface area contributed by atoms with Crippen molar-refractivity contribution in [2.24, 2.45) is 5.73 Å². The summed E-state index contributed by atoms with van der Waals surface area (Å²) in [4.78, 5) is 2.36. The predicted octanol–water partition coefficient (Wildman–Crippen LogP) is 2.51. The van der Waals surface area contributed by atoms with Gasteiger partial charge in [-0.05, 0) is 39.3 Å². The number of furan rings is 1. The minimum absolute atomic E-state index is 0.136. The van der Waals surface area contributed by atoms with Gasteiger partial charge in [-0.3, -0.25) is 0 Å². The Morgan fingerprint density at radius 1 is 1.24 bits per heavy atom. The summed E-state index contributed by atoms with van der Waals surface area (Å²) in [6.45, 7) is 7.81. The van der Waals surface area contributed by atoms with Crippen LogP contribution in [0.4, 0.5) is 0 Å². The van der Waals surface area contributed by atoms with Gasteiger partial charge in [-0.2, -0.15) is 0 Å². The van der Waals surface area contributed by atoms with Crippen molar-refractivity contribution in [3.63, 3.8) is 0 Å². The molecule has 0 aromatic carbocycles. The monoisotopic (exact) mass is 328 g/mol. The number of rotatable bonds is 5. The molecule has 0 spiro atoms. The van der Waals surface area contributed by atoms with Gasteiger partial charge in [0, 0.05) is 28.4 Å². The van der Waals surface area contributed by atoms with Crippen molar-refractivity contribution in [1.29, 1.82) is 0 Å². The molecular formula is C14H20N2O3S2. The third kappa shape index (κ3) is 3.21. The van der Waals surface area contributed by atoms with E-state index in [4.69, 9.17) is 10.2 Å². The number of nitrogens with one attached hydrogen (secondary N) is 1. The second-order valence-electron chi connectivity index (χ2n) is 5.00. The van der Waals surface area contributed by atoms with E-state index in [1.807, 2.05) is 19.9 Å². The number of aryl methyl sites for hydroxylation is 4. The highest BCUT2D eigenvalue weighted by atomic mass is 32.2. The summed E-state index contributed by atoms with van der Waals surface area (Å²) in [6, 6.07) is 2.00. The van der Waals surface area contributed by atoms with Gasteiger partial charge in [0.2, 0.25) is 10.0 Å². The van der Waals surface area contributed by atoms with E-state index in [1.54, 1.807) is 25.2 Å².